The Balaban J connectivity index is 1.37. The van der Waals surface area contributed by atoms with E-state index in [9.17, 15) is 24.3 Å². The van der Waals surface area contributed by atoms with Gasteiger partial charge in [-0.05, 0) is 48.9 Å². The van der Waals surface area contributed by atoms with Crippen molar-refractivity contribution in [3.63, 3.8) is 0 Å². The number of rotatable bonds is 10. The van der Waals surface area contributed by atoms with E-state index in [1.807, 2.05) is 0 Å². The summed E-state index contributed by atoms with van der Waals surface area (Å²) in [6.07, 6.45) is 5.80. The molecule has 0 bridgehead atoms. The number of hydrogen-bond acceptors (Lipinski definition) is 9. The fraction of sp³-hybridized carbons (Fsp3) is 0.407. The average Bonchev–Trinajstić information content (AvgIpc) is 3.15. The fourth-order valence-corrected chi connectivity index (χ4v) is 5.30. The molecule has 2 fully saturated rings. The Morgan fingerprint density at radius 3 is 2.62 bits per heavy atom. The van der Waals surface area contributed by atoms with Gasteiger partial charge in [-0.2, -0.15) is 0 Å². The molecule has 3 heterocycles. The highest BCUT2D eigenvalue weighted by atomic mass is 32.2. The van der Waals surface area contributed by atoms with E-state index in [0.29, 0.717) is 36.6 Å². The minimum atomic E-state index is -0.897. The molecule has 2 saturated heterocycles. The van der Waals surface area contributed by atoms with Crippen LogP contribution >= 0.6 is 11.8 Å². The number of imide groups is 1. The molecule has 1 aromatic carbocycles. The van der Waals surface area contributed by atoms with Crippen LogP contribution in [0.15, 0.2) is 41.6 Å². The number of Topliss-reactive ketones (excluding diaryl/α,β-unsaturated/α-hetero) is 1. The van der Waals surface area contributed by atoms with Crippen molar-refractivity contribution >= 4 is 40.9 Å². The number of likely N-dealkylation sites (tertiary alicyclic amines) is 1. The maximum atomic E-state index is 12.4. The number of ether oxygens (including phenoxy) is 2. The van der Waals surface area contributed by atoms with Gasteiger partial charge >= 0.3 is 6.09 Å². The molecule has 0 spiro atoms. The molecule has 2 aliphatic heterocycles. The Kier molecular flexibility index (Phi) is 9.18. The number of carbonyl (C=O) groups is 4. The molecular formula is C27H30N4O7S. The van der Waals surface area contributed by atoms with E-state index in [1.54, 1.807) is 36.4 Å². The van der Waals surface area contributed by atoms with Gasteiger partial charge in [0, 0.05) is 25.4 Å². The predicted octanol–water partition coefficient (Wildman–Crippen LogP) is 4.97. The zero-order chi connectivity index (χ0) is 27.9. The first-order valence-corrected chi connectivity index (χ1v) is 13.6. The molecule has 12 heteroatoms. The van der Waals surface area contributed by atoms with Gasteiger partial charge in [0.15, 0.2) is 0 Å². The van der Waals surface area contributed by atoms with Crippen molar-refractivity contribution in [3.8, 4) is 17.5 Å². The highest BCUT2D eigenvalue weighted by Gasteiger charge is 2.35. The number of thioether (sulfide) groups is 1. The molecule has 0 aliphatic carbocycles. The van der Waals surface area contributed by atoms with Gasteiger partial charge < -0.3 is 19.5 Å². The maximum absolute atomic E-state index is 12.4. The SMILES string of the molecule is CCCCC1CC(Oc2cc(Oc3ccc(C=C4SC(=O)N(CC(C)=O)C4=O)cc3)ncn2)CCN1C(=O)O. The van der Waals surface area contributed by atoms with E-state index in [2.05, 4.69) is 16.9 Å². The zero-order valence-corrected chi connectivity index (χ0v) is 22.6. The monoisotopic (exact) mass is 554 g/mol. The Hall–Kier alpha value is -3.93. The van der Waals surface area contributed by atoms with E-state index >= 15 is 0 Å². The van der Waals surface area contributed by atoms with Crippen molar-refractivity contribution in [2.75, 3.05) is 13.1 Å². The van der Waals surface area contributed by atoms with Crippen LogP contribution in [0.2, 0.25) is 0 Å². The van der Waals surface area contributed by atoms with Crippen LogP contribution in [-0.4, -0.2) is 73.1 Å². The molecule has 1 aromatic heterocycles. The molecule has 2 unspecified atom stereocenters. The van der Waals surface area contributed by atoms with Crippen molar-refractivity contribution in [1.29, 1.82) is 0 Å². The van der Waals surface area contributed by atoms with Gasteiger partial charge in [0.2, 0.25) is 11.8 Å². The Labute approximate surface area is 230 Å². The van der Waals surface area contributed by atoms with Crippen LogP contribution in [0.25, 0.3) is 6.08 Å². The molecular weight excluding hydrogens is 524 g/mol. The number of aromatic nitrogens is 2. The van der Waals surface area contributed by atoms with Crippen LogP contribution in [0.3, 0.4) is 0 Å². The third-order valence-electron chi connectivity index (χ3n) is 6.36. The molecule has 39 heavy (non-hydrogen) atoms. The van der Waals surface area contributed by atoms with Crippen LogP contribution in [0.5, 0.6) is 17.5 Å². The van der Waals surface area contributed by atoms with Gasteiger partial charge in [-0.15, -0.1) is 0 Å². The summed E-state index contributed by atoms with van der Waals surface area (Å²) in [6.45, 7) is 3.59. The van der Waals surface area contributed by atoms with Gasteiger partial charge in [-0.1, -0.05) is 31.9 Å². The lowest BCUT2D eigenvalue weighted by molar-refractivity contribution is -0.127. The Morgan fingerprint density at radius 1 is 1.18 bits per heavy atom. The smallest absolute Gasteiger partial charge is 0.407 e. The van der Waals surface area contributed by atoms with Crippen LogP contribution < -0.4 is 9.47 Å². The second-order valence-electron chi connectivity index (χ2n) is 9.37. The lowest BCUT2D eigenvalue weighted by atomic mass is 9.95. The van der Waals surface area contributed by atoms with Crippen molar-refractivity contribution in [2.45, 2.75) is 58.1 Å². The maximum Gasteiger partial charge on any atom is 0.407 e. The predicted molar refractivity (Wildman–Crippen MR) is 144 cm³/mol. The van der Waals surface area contributed by atoms with E-state index in [1.165, 1.54) is 18.2 Å². The minimum absolute atomic E-state index is 0.0829. The number of amides is 3. The van der Waals surface area contributed by atoms with Crippen molar-refractivity contribution in [1.82, 2.24) is 19.8 Å². The second-order valence-corrected chi connectivity index (χ2v) is 10.4. The van der Waals surface area contributed by atoms with E-state index in [0.717, 1.165) is 35.9 Å². The topological polar surface area (TPSA) is 139 Å². The molecule has 2 aromatic rings. The molecule has 2 aliphatic rings. The molecule has 3 amide bonds. The van der Waals surface area contributed by atoms with Gasteiger partial charge in [-0.3, -0.25) is 19.3 Å². The molecule has 1 N–H and O–H groups in total. The molecule has 206 valence electrons. The summed E-state index contributed by atoms with van der Waals surface area (Å²) in [4.78, 5) is 58.4. The molecule has 2 atom stereocenters. The molecule has 4 rings (SSSR count). The summed E-state index contributed by atoms with van der Waals surface area (Å²) in [5.74, 6) is 0.373. The van der Waals surface area contributed by atoms with Gasteiger partial charge in [0.25, 0.3) is 11.1 Å². The van der Waals surface area contributed by atoms with E-state index in [-0.39, 0.29) is 35.3 Å². The lowest BCUT2D eigenvalue weighted by Gasteiger charge is -2.37. The first-order valence-electron chi connectivity index (χ1n) is 12.7. The summed E-state index contributed by atoms with van der Waals surface area (Å²) in [6, 6.07) is 8.38. The second kappa shape index (κ2) is 12.7. The zero-order valence-electron chi connectivity index (χ0n) is 21.7. The van der Waals surface area contributed by atoms with Gasteiger partial charge in [0.05, 0.1) is 17.5 Å². The van der Waals surface area contributed by atoms with Crippen LogP contribution in [0.1, 0.15) is 51.5 Å². The Bertz CT molecular complexity index is 1270. The largest absolute Gasteiger partial charge is 0.474 e. The first kappa shape index (κ1) is 28.1. The van der Waals surface area contributed by atoms with Gasteiger partial charge in [0.1, 0.15) is 24.0 Å². The Morgan fingerprint density at radius 2 is 1.92 bits per heavy atom. The standard InChI is InChI=1S/C27H30N4O7S/c1-3-4-5-19-13-21(10-11-30(19)26(34)35)38-24-14-23(28-16-29-24)37-20-8-6-18(7-9-20)12-22-25(33)31(15-17(2)32)27(36)39-22/h6-9,12,14,16,19,21H,3-5,10-11,13,15H2,1-2H3,(H,34,35). The summed E-state index contributed by atoms with van der Waals surface area (Å²) >= 11 is 0.799. The summed E-state index contributed by atoms with van der Waals surface area (Å²) < 4.78 is 11.9. The third kappa shape index (κ3) is 7.34. The van der Waals surface area contributed by atoms with Gasteiger partial charge in [-0.25, -0.2) is 14.8 Å². The lowest BCUT2D eigenvalue weighted by Crippen LogP contribution is -2.48. The van der Waals surface area contributed by atoms with Crippen molar-refractivity contribution in [3.05, 3.63) is 47.1 Å². The molecule has 0 radical (unpaired) electrons. The number of carbonyl (C=O) groups excluding carboxylic acids is 3. The quantitative estimate of drug-likeness (QED) is 0.400. The summed E-state index contributed by atoms with van der Waals surface area (Å²) in [5.41, 5.74) is 0.688. The number of carboxylic acid groups (broad SMARTS) is 1. The van der Waals surface area contributed by atoms with Crippen molar-refractivity contribution in [2.24, 2.45) is 0 Å². The van der Waals surface area contributed by atoms with Crippen LogP contribution in [0, 0.1) is 0 Å². The number of unbranched alkanes of at least 4 members (excludes halogenated alkanes) is 1. The minimum Gasteiger partial charge on any atom is -0.474 e. The average molecular weight is 555 g/mol. The number of ketones is 1. The first-order chi connectivity index (χ1) is 18.7. The molecule has 0 saturated carbocycles. The van der Waals surface area contributed by atoms with E-state index < -0.39 is 17.2 Å². The number of nitrogens with zero attached hydrogens (tertiary/aromatic N) is 4. The highest BCUT2D eigenvalue weighted by molar-refractivity contribution is 8.18. The highest BCUT2D eigenvalue weighted by Crippen LogP contribution is 2.33. The molecule has 11 nitrogen and oxygen atoms in total. The number of piperidine rings is 1. The number of benzene rings is 1. The summed E-state index contributed by atoms with van der Waals surface area (Å²) in [7, 11) is 0. The summed E-state index contributed by atoms with van der Waals surface area (Å²) in [5, 5.41) is 9.05. The normalized spacial score (nSPS) is 20.4. The number of hydrogen-bond donors (Lipinski definition) is 1. The van der Waals surface area contributed by atoms with E-state index in [4.69, 9.17) is 9.47 Å². The van der Waals surface area contributed by atoms with Crippen LogP contribution in [-0.2, 0) is 9.59 Å². The van der Waals surface area contributed by atoms with Crippen LogP contribution in [0.4, 0.5) is 9.59 Å². The fourth-order valence-electron chi connectivity index (χ4n) is 4.46. The van der Waals surface area contributed by atoms with Crippen molar-refractivity contribution < 1.29 is 33.8 Å². The third-order valence-corrected chi connectivity index (χ3v) is 7.27.